The van der Waals surface area contributed by atoms with Crippen LogP contribution in [0.5, 0.6) is 5.75 Å². The van der Waals surface area contributed by atoms with Crippen molar-refractivity contribution in [2.24, 2.45) is 0 Å². The van der Waals surface area contributed by atoms with Crippen LogP contribution in [-0.2, 0) is 11.3 Å². The van der Waals surface area contributed by atoms with Gasteiger partial charge >= 0.3 is 0 Å². The van der Waals surface area contributed by atoms with Gasteiger partial charge in [-0.15, -0.1) is 0 Å². The van der Waals surface area contributed by atoms with Crippen molar-refractivity contribution in [1.82, 2.24) is 19.4 Å². The number of aromatic nitrogens is 3. The minimum absolute atomic E-state index is 0.0146. The summed E-state index contributed by atoms with van der Waals surface area (Å²) < 4.78 is 7.02. The van der Waals surface area contributed by atoms with Crippen LogP contribution in [0.4, 0.5) is 0 Å². The number of nitrogens with zero attached hydrogens (tertiary/aromatic N) is 4. The molecule has 0 aromatic carbocycles. The molecule has 2 heterocycles. The van der Waals surface area contributed by atoms with Crippen LogP contribution in [0.25, 0.3) is 0 Å². The standard InChI is InChI=1S/C15H20N4O2/c1-11(19-8-7-16-12(19)2)15(20)18(3)10-13-9-14(21-4)5-6-17-13/h5-9,11H,10H2,1-4H3. The van der Waals surface area contributed by atoms with Crippen molar-refractivity contribution in [2.75, 3.05) is 14.2 Å². The van der Waals surface area contributed by atoms with E-state index in [0.29, 0.717) is 6.54 Å². The fourth-order valence-corrected chi connectivity index (χ4v) is 2.23. The molecule has 6 heteroatoms. The van der Waals surface area contributed by atoms with Gasteiger partial charge in [-0.05, 0) is 19.9 Å². The molecule has 0 saturated heterocycles. The molecule has 112 valence electrons. The third-order valence-electron chi connectivity index (χ3n) is 3.44. The first kappa shape index (κ1) is 15.0. The highest BCUT2D eigenvalue weighted by Crippen LogP contribution is 2.15. The van der Waals surface area contributed by atoms with E-state index in [-0.39, 0.29) is 11.9 Å². The molecule has 0 saturated carbocycles. The molecule has 6 nitrogen and oxygen atoms in total. The van der Waals surface area contributed by atoms with E-state index in [2.05, 4.69) is 9.97 Å². The second-order valence-electron chi connectivity index (χ2n) is 4.94. The predicted molar refractivity (Wildman–Crippen MR) is 78.9 cm³/mol. The van der Waals surface area contributed by atoms with Gasteiger partial charge in [0.05, 0.1) is 19.3 Å². The highest BCUT2D eigenvalue weighted by atomic mass is 16.5. The topological polar surface area (TPSA) is 60.2 Å². The summed E-state index contributed by atoms with van der Waals surface area (Å²) in [4.78, 5) is 22.5. The van der Waals surface area contributed by atoms with Crippen LogP contribution in [0.15, 0.2) is 30.7 Å². The Morgan fingerprint density at radius 3 is 2.81 bits per heavy atom. The molecule has 1 atom stereocenters. The van der Waals surface area contributed by atoms with Gasteiger partial charge in [0.2, 0.25) is 5.91 Å². The summed E-state index contributed by atoms with van der Waals surface area (Å²) in [7, 11) is 3.38. The van der Waals surface area contributed by atoms with Gasteiger partial charge in [0, 0.05) is 31.7 Å². The average Bonchev–Trinajstić information content (AvgIpc) is 2.92. The van der Waals surface area contributed by atoms with Gasteiger partial charge in [-0.2, -0.15) is 0 Å². The molecule has 0 fully saturated rings. The van der Waals surface area contributed by atoms with E-state index in [0.717, 1.165) is 17.3 Å². The maximum Gasteiger partial charge on any atom is 0.245 e. The predicted octanol–water partition coefficient (Wildman–Crippen LogP) is 1.81. The molecule has 2 aromatic rings. The zero-order valence-electron chi connectivity index (χ0n) is 12.8. The summed E-state index contributed by atoms with van der Waals surface area (Å²) in [6, 6.07) is 3.32. The SMILES string of the molecule is COc1ccnc(CN(C)C(=O)C(C)n2ccnc2C)c1. The normalized spacial score (nSPS) is 12.0. The number of ether oxygens (including phenoxy) is 1. The Morgan fingerprint density at radius 2 is 2.19 bits per heavy atom. The van der Waals surface area contributed by atoms with Crippen LogP contribution >= 0.6 is 0 Å². The summed E-state index contributed by atoms with van der Waals surface area (Å²) in [5, 5.41) is 0. The molecule has 1 amide bonds. The third kappa shape index (κ3) is 3.39. The van der Waals surface area contributed by atoms with E-state index in [1.165, 1.54) is 0 Å². The van der Waals surface area contributed by atoms with Crippen molar-refractivity contribution in [3.63, 3.8) is 0 Å². The maximum absolute atomic E-state index is 12.5. The first-order chi connectivity index (χ1) is 10.0. The van der Waals surface area contributed by atoms with Crippen molar-refractivity contribution >= 4 is 5.91 Å². The summed E-state index contributed by atoms with van der Waals surface area (Å²) in [5.41, 5.74) is 0.791. The molecule has 0 aliphatic rings. The fraction of sp³-hybridized carbons (Fsp3) is 0.400. The van der Waals surface area contributed by atoms with Crippen molar-refractivity contribution < 1.29 is 9.53 Å². The first-order valence-electron chi connectivity index (χ1n) is 6.76. The number of amides is 1. The van der Waals surface area contributed by atoms with Crippen LogP contribution < -0.4 is 4.74 Å². The molecule has 0 spiro atoms. The van der Waals surface area contributed by atoms with E-state index in [1.807, 2.05) is 30.7 Å². The zero-order chi connectivity index (χ0) is 15.4. The monoisotopic (exact) mass is 288 g/mol. The molecule has 0 aliphatic carbocycles. The summed E-state index contributed by atoms with van der Waals surface area (Å²) in [5.74, 6) is 1.57. The smallest absolute Gasteiger partial charge is 0.245 e. The average molecular weight is 288 g/mol. The lowest BCUT2D eigenvalue weighted by Gasteiger charge is -2.22. The number of carbonyl (C=O) groups is 1. The lowest BCUT2D eigenvalue weighted by Crippen LogP contribution is -2.33. The van der Waals surface area contributed by atoms with E-state index in [9.17, 15) is 4.79 Å². The number of carbonyl (C=O) groups excluding carboxylic acids is 1. The largest absolute Gasteiger partial charge is 0.497 e. The lowest BCUT2D eigenvalue weighted by molar-refractivity contribution is -0.133. The number of aryl methyl sites for hydroxylation is 1. The Kier molecular flexibility index (Phi) is 4.57. The molecular formula is C15H20N4O2. The van der Waals surface area contributed by atoms with Gasteiger partial charge in [0.1, 0.15) is 17.6 Å². The highest BCUT2D eigenvalue weighted by Gasteiger charge is 2.20. The zero-order valence-corrected chi connectivity index (χ0v) is 12.8. The number of hydrogen-bond acceptors (Lipinski definition) is 4. The third-order valence-corrected chi connectivity index (χ3v) is 3.44. The lowest BCUT2D eigenvalue weighted by atomic mass is 10.2. The van der Waals surface area contributed by atoms with Crippen LogP contribution in [0.1, 0.15) is 24.5 Å². The van der Waals surface area contributed by atoms with Gasteiger partial charge in [0.25, 0.3) is 0 Å². The fourth-order valence-electron chi connectivity index (χ4n) is 2.23. The molecule has 2 aromatic heterocycles. The Morgan fingerprint density at radius 1 is 1.43 bits per heavy atom. The molecule has 0 radical (unpaired) electrons. The Hall–Kier alpha value is -2.37. The van der Waals surface area contributed by atoms with Gasteiger partial charge in [-0.3, -0.25) is 9.78 Å². The Labute approximate surface area is 124 Å². The number of likely N-dealkylation sites (N-methyl/N-ethyl adjacent to an activating group) is 1. The summed E-state index contributed by atoms with van der Waals surface area (Å²) in [6.45, 7) is 4.19. The van der Waals surface area contributed by atoms with E-state index < -0.39 is 0 Å². The van der Waals surface area contributed by atoms with Crippen molar-refractivity contribution in [3.8, 4) is 5.75 Å². The number of methoxy groups -OCH3 is 1. The minimum Gasteiger partial charge on any atom is -0.497 e. The second-order valence-corrected chi connectivity index (χ2v) is 4.94. The molecule has 21 heavy (non-hydrogen) atoms. The molecule has 0 N–H and O–H groups in total. The molecule has 1 unspecified atom stereocenters. The quantitative estimate of drug-likeness (QED) is 0.842. The van der Waals surface area contributed by atoms with E-state index >= 15 is 0 Å². The number of pyridine rings is 1. The number of hydrogen-bond donors (Lipinski definition) is 0. The van der Waals surface area contributed by atoms with Crippen LogP contribution in [-0.4, -0.2) is 39.5 Å². The van der Waals surface area contributed by atoms with Crippen LogP contribution in [0.3, 0.4) is 0 Å². The Balaban J connectivity index is 2.07. The second kappa shape index (κ2) is 6.39. The van der Waals surface area contributed by atoms with Gasteiger partial charge in [-0.1, -0.05) is 0 Å². The summed E-state index contributed by atoms with van der Waals surface area (Å²) >= 11 is 0. The van der Waals surface area contributed by atoms with Gasteiger partial charge < -0.3 is 14.2 Å². The Bertz CT molecular complexity index is 624. The van der Waals surface area contributed by atoms with Crippen LogP contribution in [0.2, 0.25) is 0 Å². The number of rotatable bonds is 5. The van der Waals surface area contributed by atoms with Crippen molar-refractivity contribution in [2.45, 2.75) is 26.4 Å². The molecule has 0 aliphatic heterocycles. The van der Waals surface area contributed by atoms with Gasteiger partial charge in [-0.25, -0.2) is 4.98 Å². The van der Waals surface area contributed by atoms with Crippen LogP contribution in [0, 0.1) is 6.92 Å². The van der Waals surface area contributed by atoms with Crippen molar-refractivity contribution in [3.05, 3.63) is 42.2 Å². The first-order valence-corrected chi connectivity index (χ1v) is 6.76. The van der Waals surface area contributed by atoms with Crippen molar-refractivity contribution in [1.29, 1.82) is 0 Å². The molecular weight excluding hydrogens is 268 g/mol. The summed E-state index contributed by atoms with van der Waals surface area (Å²) in [6.07, 6.45) is 5.19. The molecule has 2 rings (SSSR count). The van der Waals surface area contributed by atoms with Gasteiger partial charge in [0.15, 0.2) is 0 Å². The number of imidazole rings is 1. The van der Waals surface area contributed by atoms with E-state index in [4.69, 9.17) is 4.74 Å². The highest BCUT2D eigenvalue weighted by molar-refractivity contribution is 5.79. The maximum atomic E-state index is 12.5. The van der Waals surface area contributed by atoms with E-state index in [1.54, 1.807) is 37.5 Å². The molecule has 0 bridgehead atoms. The minimum atomic E-state index is -0.289.